The maximum Gasteiger partial charge on any atom is 0.325 e. The number of nitrogens with zero attached hydrogens (tertiary/aromatic N) is 1. The summed E-state index contributed by atoms with van der Waals surface area (Å²) >= 11 is 0. The fourth-order valence-electron chi connectivity index (χ4n) is 3.14. The molecule has 27 heavy (non-hydrogen) atoms. The Bertz CT molecular complexity index is 358. The molecule has 4 nitrogen and oxygen atoms in total. The Kier molecular flexibility index (Phi) is 18.9. The molecule has 0 fully saturated rings. The number of hydrogen-bond acceptors (Lipinski definition) is 3. The van der Waals surface area contributed by atoms with Crippen LogP contribution in [0, 0.1) is 0 Å². The standard InChI is InChI=1S/C23H45NO3/c1-4-6-8-9-10-11-12-13-14-15-16-17-18-19-22(25)24(3)21-23(26)27-20-7-5-2/h4-21H2,1-3H3. The van der Waals surface area contributed by atoms with Crippen molar-refractivity contribution in [1.82, 2.24) is 4.90 Å². The molecule has 0 aromatic rings. The number of ether oxygens (including phenoxy) is 1. The van der Waals surface area contributed by atoms with E-state index in [2.05, 4.69) is 13.8 Å². The molecule has 0 unspecified atom stereocenters. The van der Waals surface area contributed by atoms with E-state index in [1.54, 1.807) is 7.05 Å². The quantitative estimate of drug-likeness (QED) is 0.195. The molecule has 0 aliphatic rings. The molecule has 1 amide bonds. The molecule has 0 N–H and O–H groups in total. The maximum atomic E-state index is 12.0. The maximum absolute atomic E-state index is 12.0. The van der Waals surface area contributed by atoms with Crippen molar-refractivity contribution in [1.29, 1.82) is 0 Å². The highest BCUT2D eigenvalue weighted by molar-refractivity contribution is 5.81. The van der Waals surface area contributed by atoms with Gasteiger partial charge in [-0.3, -0.25) is 9.59 Å². The van der Waals surface area contributed by atoms with Gasteiger partial charge in [0.05, 0.1) is 6.61 Å². The van der Waals surface area contributed by atoms with Gasteiger partial charge < -0.3 is 9.64 Å². The highest BCUT2D eigenvalue weighted by Gasteiger charge is 2.13. The third kappa shape index (κ3) is 18.1. The van der Waals surface area contributed by atoms with Gasteiger partial charge in [0.25, 0.3) is 0 Å². The van der Waals surface area contributed by atoms with Gasteiger partial charge in [0, 0.05) is 13.5 Å². The normalized spacial score (nSPS) is 10.8. The number of esters is 1. The lowest BCUT2D eigenvalue weighted by Gasteiger charge is -2.16. The zero-order valence-corrected chi connectivity index (χ0v) is 18.4. The minimum atomic E-state index is -0.301. The smallest absolute Gasteiger partial charge is 0.325 e. The highest BCUT2D eigenvalue weighted by Crippen LogP contribution is 2.13. The van der Waals surface area contributed by atoms with E-state index in [0.29, 0.717) is 13.0 Å². The van der Waals surface area contributed by atoms with E-state index in [4.69, 9.17) is 4.74 Å². The Labute approximate surface area is 168 Å². The Balaban J connectivity index is 3.41. The number of amides is 1. The fraction of sp³-hybridized carbons (Fsp3) is 0.913. The monoisotopic (exact) mass is 383 g/mol. The highest BCUT2D eigenvalue weighted by atomic mass is 16.5. The molecule has 0 spiro atoms. The zero-order chi connectivity index (χ0) is 20.2. The predicted octanol–water partition coefficient (Wildman–Crippen LogP) is 6.27. The van der Waals surface area contributed by atoms with Crippen molar-refractivity contribution in [2.24, 2.45) is 0 Å². The lowest BCUT2D eigenvalue weighted by molar-refractivity contribution is -0.148. The minimum absolute atomic E-state index is 0.0468. The number of carbonyl (C=O) groups is 2. The van der Waals surface area contributed by atoms with E-state index in [0.717, 1.165) is 25.7 Å². The van der Waals surface area contributed by atoms with Gasteiger partial charge in [-0.25, -0.2) is 0 Å². The first kappa shape index (κ1) is 25.9. The summed E-state index contributed by atoms with van der Waals surface area (Å²) in [6.07, 6.45) is 19.3. The average molecular weight is 384 g/mol. The van der Waals surface area contributed by atoms with E-state index >= 15 is 0 Å². The van der Waals surface area contributed by atoms with E-state index in [-0.39, 0.29) is 18.4 Å². The van der Waals surface area contributed by atoms with Gasteiger partial charge in [0.15, 0.2) is 0 Å². The summed E-state index contributed by atoms with van der Waals surface area (Å²) < 4.78 is 5.09. The van der Waals surface area contributed by atoms with Crippen molar-refractivity contribution in [3.05, 3.63) is 0 Å². The molecule has 160 valence electrons. The minimum Gasteiger partial charge on any atom is -0.464 e. The van der Waals surface area contributed by atoms with E-state index < -0.39 is 0 Å². The van der Waals surface area contributed by atoms with Crippen LogP contribution in [0.5, 0.6) is 0 Å². The number of unbranched alkanes of at least 4 members (excludes halogenated alkanes) is 13. The number of rotatable bonds is 19. The molecule has 0 aliphatic carbocycles. The van der Waals surface area contributed by atoms with Crippen LogP contribution < -0.4 is 0 Å². The van der Waals surface area contributed by atoms with Crippen LogP contribution in [0.15, 0.2) is 0 Å². The van der Waals surface area contributed by atoms with Crippen LogP contribution in [0.1, 0.15) is 117 Å². The summed E-state index contributed by atoms with van der Waals surface area (Å²) in [5.74, 6) is -0.254. The fourth-order valence-corrected chi connectivity index (χ4v) is 3.14. The van der Waals surface area contributed by atoms with E-state index in [1.165, 1.54) is 75.5 Å². The second-order valence-corrected chi connectivity index (χ2v) is 7.82. The van der Waals surface area contributed by atoms with Crippen LogP contribution in [0.4, 0.5) is 0 Å². The Morgan fingerprint density at radius 2 is 1.11 bits per heavy atom. The van der Waals surface area contributed by atoms with Gasteiger partial charge in [0.2, 0.25) is 5.91 Å². The second kappa shape index (κ2) is 19.7. The van der Waals surface area contributed by atoms with E-state index in [1.807, 2.05) is 0 Å². The summed E-state index contributed by atoms with van der Waals surface area (Å²) in [6.45, 7) is 4.84. The molecule has 4 heteroatoms. The summed E-state index contributed by atoms with van der Waals surface area (Å²) in [7, 11) is 1.69. The van der Waals surface area contributed by atoms with Gasteiger partial charge in [0.1, 0.15) is 6.54 Å². The number of carbonyl (C=O) groups excluding carboxylic acids is 2. The van der Waals surface area contributed by atoms with Crippen molar-refractivity contribution >= 4 is 11.9 Å². The summed E-state index contributed by atoms with van der Waals surface area (Å²) in [6, 6.07) is 0. The van der Waals surface area contributed by atoms with Crippen LogP contribution in [0.3, 0.4) is 0 Å². The second-order valence-electron chi connectivity index (χ2n) is 7.82. The van der Waals surface area contributed by atoms with Gasteiger partial charge >= 0.3 is 5.97 Å². The summed E-state index contributed by atoms with van der Waals surface area (Å²) in [5.41, 5.74) is 0. The van der Waals surface area contributed by atoms with E-state index in [9.17, 15) is 9.59 Å². The van der Waals surface area contributed by atoms with Gasteiger partial charge in [-0.05, 0) is 12.8 Å². The van der Waals surface area contributed by atoms with Crippen LogP contribution in [-0.2, 0) is 14.3 Å². The van der Waals surface area contributed by atoms with Crippen LogP contribution in [0.2, 0.25) is 0 Å². The molecule has 0 atom stereocenters. The SMILES string of the molecule is CCCCCCCCCCCCCCCC(=O)N(C)CC(=O)OCCCC. The first-order valence-electron chi connectivity index (χ1n) is 11.5. The van der Waals surface area contributed by atoms with Gasteiger partial charge in [-0.2, -0.15) is 0 Å². The first-order valence-corrected chi connectivity index (χ1v) is 11.5. The largest absolute Gasteiger partial charge is 0.464 e. The molecule has 0 saturated heterocycles. The molecule has 0 radical (unpaired) electrons. The van der Waals surface area contributed by atoms with Crippen molar-refractivity contribution in [2.45, 2.75) is 117 Å². The molecular formula is C23H45NO3. The predicted molar refractivity (Wildman–Crippen MR) is 114 cm³/mol. The molecule has 0 bridgehead atoms. The molecule has 0 aromatic heterocycles. The molecule has 0 saturated carbocycles. The summed E-state index contributed by atoms with van der Waals surface area (Å²) in [4.78, 5) is 25.1. The molecular weight excluding hydrogens is 338 g/mol. The first-order chi connectivity index (χ1) is 13.1. The lowest BCUT2D eigenvalue weighted by Crippen LogP contribution is -2.33. The Morgan fingerprint density at radius 3 is 1.59 bits per heavy atom. The Morgan fingerprint density at radius 1 is 0.667 bits per heavy atom. The van der Waals surface area contributed by atoms with Crippen molar-refractivity contribution in [3.8, 4) is 0 Å². The van der Waals surface area contributed by atoms with Crippen LogP contribution in [-0.4, -0.2) is 37.0 Å². The van der Waals surface area contributed by atoms with Crippen LogP contribution >= 0.6 is 0 Å². The summed E-state index contributed by atoms with van der Waals surface area (Å²) in [5, 5.41) is 0. The number of likely N-dealkylation sites (N-methyl/N-ethyl adjacent to an activating group) is 1. The third-order valence-corrected chi connectivity index (χ3v) is 5.05. The van der Waals surface area contributed by atoms with Crippen molar-refractivity contribution in [2.75, 3.05) is 20.2 Å². The number of hydrogen-bond donors (Lipinski definition) is 0. The third-order valence-electron chi connectivity index (χ3n) is 5.05. The lowest BCUT2D eigenvalue weighted by atomic mass is 10.0. The molecule has 0 heterocycles. The molecule has 0 aromatic carbocycles. The topological polar surface area (TPSA) is 46.6 Å². The van der Waals surface area contributed by atoms with Crippen molar-refractivity contribution in [3.63, 3.8) is 0 Å². The zero-order valence-electron chi connectivity index (χ0n) is 18.4. The van der Waals surface area contributed by atoms with Crippen molar-refractivity contribution < 1.29 is 14.3 Å². The van der Waals surface area contributed by atoms with Crippen LogP contribution in [0.25, 0.3) is 0 Å². The van der Waals surface area contributed by atoms with Gasteiger partial charge in [-0.1, -0.05) is 97.3 Å². The Hall–Kier alpha value is -1.06. The molecule has 0 rings (SSSR count). The average Bonchev–Trinajstić information content (AvgIpc) is 2.65. The molecule has 0 aliphatic heterocycles. The van der Waals surface area contributed by atoms with Gasteiger partial charge in [-0.15, -0.1) is 0 Å².